The molecule has 1 aromatic rings. The van der Waals surface area contributed by atoms with Crippen LogP contribution in [0.25, 0.3) is 0 Å². The lowest BCUT2D eigenvalue weighted by Gasteiger charge is -2.37. The molecular weight excluding hydrogens is 402 g/mol. The number of carbonyl (C=O) groups excluding carboxylic acids is 1. The lowest BCUT2D eigenvalue weighted by atomic mass is 9.91. The van der Waals surface area contributed by atoms with Crippen molar-refractivity contribution in [3.05, 3.63) is 29.3 Å². The van der Waals surface area contributed by atoms with Gasteiger partial charge in [0.15, 0.2) is 0 Å². The normalized spacial score (nSPS) is 20.5. The number of amides is 1. The fourth-order valence-corrected chi connectivity index (χ4v) is 5.17. The molecule has 2 aliphatic rings. The molecule has 3 rings (SSSR count). The van der Waals surface area contributed by atoms with Gasteiger partial charge in [-0.2, -0.15) is 4.31 Å². The molecule has 158 valence electrons. The average Bonchev–Trinajstić information content (AvgIpc) is 2.69. The van der Waals surface area contributed by atoms with Crippen LogP contribution in [0.4, 0.5) is 0 Å². The Morgan fingerprint density at radius 1 is 1.11 bits per heavy atom. The van der Waals surface area contributed by atoms with Gasteiger partial charge < -0.3 is 15.4 Å². The highest BCUT2D eigenvalue weighted by Gasteiger charge is 2.34. The molecule has 2 fully saturated rings. The highest BCUT2D eigenvalue weighted by Crippen LogP contribution is 2.22. The topological polar surface area (TPSA) is 92.9 Å². The Kier molecular flexibility index (Phi) is 7.87. The van der Waals surface area contributed by atoms with E-state index in [1.54, 1.807) is 17.0 Å². The third kappa shape index (κ3) is 4.86. The Balaban J connectivity index is 0.00000280. The Morgan fingerprint density at radius 2 is 1.71 bits per heavy atom. The van der Waals surface area contributed by atoms with Crippen LogP contribution in [0.15, 0.2) is 23.1 Å². The van der Waals surface area contributed by atoms with Crippen molar-refractivity contribution in [2.24, 2.45) is 11.7 Å². The third-order valence-electron chi connectivity index (χ3n) is 5.73. The molecular formula is C19H30ClN3O4S. The molecule has 2 heterocycles. The first-order chi connectivity index (χ1) is 12.8. The number of rotatable bonds is 4. The summed E-state index contributed by atoms with van der Waals surface area (Å²) in [6, 6.07) is 4.66. The predicted octanol–water partition coefficient (Wildman–Crippen LogP) is 1.31. The number of benzene rings is 1. The first-order valence-corrected chi connectivity index (χ1v) is 10.9. The van der Waals surface area contributed by atoms with E-state index < -0.39 is 16.1 Å². The van der Waals surface area contributed by atoms with Crippen molar-refractivity contribution in [3.63, 3.8) is 0 Å². The van der Waals surface area contributed by atoms with Crippen LogP contribution in [-0.4, -0.2) is 69.0 Å². The number of ether oxygens (including phenoxy) is 1. The zero-order valence-electron chi connectivity index (χ0n) is 16.5. The van der Waals surface area contributed by atoms with Crippen molar-refractivity contribution < 1.29 is 17.9 Å². The molecule has 2 saturated heterocycles. The molecule has 28 heavy (non-hydrogen) atoms. The fourth-order valence-electron chi connectivity index (χ4n) is 3.66. The average molecular weight is 432 g/mol. The van der Waals surface area contributed by atoms with E-state index in [9.17, 15) is 13.2 Å². The van der Waals surface area contributed by atoms with Gasteiger partial charge in [0.2, 0.25) is 15.9 Å². The Morgan fingerprint density at radius 3 is 2.29 bits per heavy atom. The van der Waals surface area contributed by atoms with Gasteiger partial charge in [0.05, 0.1) is 10.9 Å². The molecule has 1 aromatic carbocycles. The Labute approximate surface area is 173 Å². The molecule has 0 saturated carbocycles. The highest BCUT2D eigenvalue weighted by molar-refractivity contribution is 7.89. The maximum atomic E-state index is 12.9. The van der Waals surface area contributed by atoms with Crippen molar-refractivity contribution in [2.75, 3.05) is 39.4 Å². The van der Waals surface area contributed by atoms with Gasteiger partial charge >= 0.3 is 0 Å². The smallest absolute Gasteiger partial charge is 0.243 e. The third-order valence-corrected chi connectivity index (χ3v) is 7.62. The van der Waals surface area contributed by atoms with Crippen LogP contribution in [0.2, 0.25) is 0 Å². The van der Waals surface area contributed by atoms with Crippen molar-refractivity contribution >= 4 is 28.3 Å². The molecule has 7 nitrogen and oxygen atoms in total. The Bertz CT molecular complexity index is 788. The maximum absolute atomic E-state index is 12.9. The summed E-state index contributed by atoms with van der Waals surface area (Å²) in [5, 5.41) is 0. The first kappa shape index (κ1) is 23.1. The fraction of sp³-hybridized carbons (Fsp3) is 0.632. The number of halogens is 1. The molecule has 1 unspecified atom stereocenters. The van der Waals surface area contributed by atoms with Crippen LogP contribution in [0.1, 0.15) is 24.0 Å². The number of aryl methyl sites for hydroxylation is 2. The Hall–Kier alpha value is -1.19. The van der Waals surface area contributed by atoms with Gasteiger partial charge in [-0.05, 0) is 55.9 Å². The lowest BCUT2D eigenvalue weighted by molar-refractivity contribution is -0.135. The van der Waals surface area contributed by atoms with E-state index in [1.165, 1.54) is 4.31 Å². The van der Waals surface area contributed by atoms with Crippen molar-refractivity contribution in [2.45, 2.75) is 37.6 Å². The number of piperazine rings is 1. The second kappa shape index (κ2) is 9.54. The highest BCUT2D eigenvalue weighted by atomic mass is 35.5. The van der Waals surface area contributed by atoms with E-state index in [2.05, 4.69) is 0 Å². The van der Waals surface area contributed by atoms with E-state index >= 15 is 0 Å². The summed E-state index contributed by atoms with van der Waals surface area (Å²) in [7, 11) is -3.54. The van der Waals surface area contributed by atoms with Crippen LogP contribution in [0.5, 0.6) is 0 Å². The van der Waals surface area contributed by atoms with E-state index in [0.717, 1.165) is 24.0 Å². The van der Waals surface area contributed by atoms with Crippen LogP contribution in [0, 0.1) is 19.8 Å². The van der Waals surface area contributed by atoms with Gasteiger partial charge in [0.1, 0.15) is 0 Å². The zero-order valence-corrected chi connectivity index (χ0v) is 18.1. The van der Waals surface area contributed by atoms with Crippen LogP contribution in [0.3, 0.4) is 0 Å². The van der Waals surface area contributed by atoms with Gasteiger partial charge in [-0.3, -0.25) is 4.79 Å². The second-order valence-corrected chi connectivity index (χ2v) is 9.39. The van der Waals surface area contributed by atoms with Gasteiger partial charge in [-0.1, -0.05) is 6.07 Å². The van der Waals surface area contributed by atoms with Gasteiger partial charge in [0, 0.05) is 39.4 Å². The summed E-state index contributed by atoms with van der Waals surface area (Å²) in [6.45, 7) is 6.49. The predicted molar refractivity (Wildman–Crippen MR) is 110 cm³/mol. The zero-order chi connectivity index (χ0) is 19.6. The molecule has 0 radical (unpaired) electrons. The summed E-state index contributed by atoms with van der Waals surface area (Å²) >= 11 is 0. The number of sulfonamides is 1. The molecule has 1 amide bonds. The van der Waals surface area contributed by atoms with Crippen LogP contribution in [-0.2, 0) is 19.6 Å². The minimum atomic E-state index is -3.54. The lowest BCUT2D eigenvalue weighted by Crippen LogP contribution is -2.56. The van der Waals surface area contributed by atoms with Crippen molar-refractivity contribution in [1.29, 1.82) is 0 Å². The summed E-state index contributed by atoms with van der Waals surface area (Å²) in [5.74, 6) is 0.0636. The SMILES string of the molecule is Cc1ccc(S(=O)(=O)N2CCN(C(=O)C(N)C3CCOCC3)CC2)cc1C.Cl. The molecule has 1 atom stereocenters. The molecule has 0 spiro atoms. The van der Waals surface area contributed by atoms with Crippen LogP contribution >= 0.6 is 12.4 Å². The van der Waals surface area contributed by atoms with Gasteiger partial charge in [0.25, 0.3) is 0 Å². The van der Waals surface area contributed by atoms with Gasteiger partial charge in [-0.25, -0.2) is 8.42 Å². The van der Waals surface area contributed by atoms with E-state index in [0.29, 0.717) is 44.3 Å². The number of hydrogen-bond donors (Lipinski definition) is 1. The number of nitrogens with two attached hydrogens (primary N) is 1. The minimum absolute atomic E-state index is 0. The number of carbonyl (C=O) groups is 1. The maximum Gasteiger partial charge on any atom is 0.243 e. The molecule has 0 aromatic heterocycles. The molecule has 0 aliphatic carbocycles. The van der Waals surface area contributed by atoms with E-state index in [4.69, 9.17) is 10.5 Å². The summed E-state index contributed by atoms with van der Waals surface area (Å²) in [5.41, 5.74) is 8.20. The summed E-state index contributed by atoms with van der Waals surface area (Å²) in [6.07, 6.45) is 1.60. The van der Waals surface area contributed by atoms with Crippen molar-refractivity contribution in [3.8, 4) is 0 Å². The summed E-state index contributed by atoms with van der Waals surface area (Å²) < 4.78 is 32.6. The molecule has 2 N–H and O–H groups in total. The first-order valence-electron chi connectivity index (χ1n) is 9.50. The van der Waals surface area contributed by atoms with E-state index in [-0.39, 0.29) is 24.2 Å². The monoisotopic (exact) mass is 431 g/mol. The van der Waals surface area contributed by atoms with Gasteiger partial charge in [-0.15, -0.1) is 12.4 Å². The summed E-state index contributed by atoms with van der Waals surface area (Å²) in [4.78, 5) is 14.7. The quantitative estimate of drug-likeness (QED) is 0.775. The second-order valence-electron chi connectivity index (χ2n) is 7.45. The molecule has 2 aliphatic heterocycles. The number of nitrogens with zero attached hydrogens (tertiary/aromatic N) is 2. The molecule has 0 bridgehead atoms. The standard InChI is InChI=1S/C19H29N3O4S.ClH/c1-14-3-4-17(13-15(14)2)27(24,25)22-9-7-21(8-10-22)19(23)18(20)16-5-11-26-12-6-16;/h3-4,13,16,18H,5-12,20H2,1-2H3;1H. The minimum Gasteiger partial charge on any atom is -0.381 e. The number of hydrogen-bond acceptors (Lipinski definition) is 5. The van der Waals surface area contributed by atoms with Crippen molar-refractivity contribution in [1.82, 2.24) is 9.21 Å². The largest absolute Gasteiger partial charge is 0.381 e. The van der Waals surface area contributed by atoms with E-state index in [1.807, 2.05) is 19.9 Å². The van der Waals surface area contributed by atoms with Crippen LogP contribution < -0.4 is 5.73 Å². The molecule has 9 heteroatoms.